The van der Waals surface area contributed by atoms with Gasteiger partial charge in [0, 0.05) is 50.5 Å². The zero-order valence-electron chi connectivity index (χ0n) is 16.8. The van der Waals surface area contributed by atoms with E-state index >= 15 is 0 Å². The predicted molar refractivity (Wildman–Crippen MR) is 109 cm³/mol. The van der Waals surface area contributed by atoms with Gasteiger partial charge in [-0.25, -0.2) is 4.79 Å². The van der Waals surface area contributed by atoms with E-state index in [9.17, 15) is 9.59 Å². The van der Waals surface area contributed by atoms with Crippen molar-refractivity contribution in [3.8, 4) is 0 Å². The van der Waals surface area contributed by atoms with Crippen LogP contribution in [0.2, 0.25) is 0 Å². The van der Waals surface area contributed by atoms with Crippen molar-refractivity contribution in [3.05, 3.63) is 29.8 Å². The number of piperazine rings is 1. The maximum absolute atomic E-state index is 12.3. The molecule has 2 heterocycles. The summed E-state index contributed by atoms with van der Waals surface area (Å²) in [4.78, 5) is 29.9. The van der Waals surface area contributed by atoms with Gasteiger partial charge in [-0.3, -0.25) is 20.0 Å². The molecule has 0 bridgehead atoms. The lowest BCUT2D eigenvalue weighted by molar-refractivity contribution is -0.143. The van der Waals surface area contributed by atoms with Crippen molar-refractivity contribution >= 4 is 23.6 Å². The number of anilines is 1. The van der Waals surface area contributed by atoms with Gasteiger partial charge in [0.05, 0.1) is 19.6 Å². The van der Waals surface area contributed by atoms with Gasteiger partial charge in [-0.15, -0.1) is 0 Å². The maximum atomic E-state index is 12.3. The van der Waals surface area contributed by atoms with E-state index in [1.807, 2.05) is 6.92 Å². The summed E-state index contributed by atoms with van der Waals surface area (Å²) >= 11 is 0. The SMILES string of the molecule is CCOC(=O)CCN1CCN(CC2CN(c3ccc(C(=N)N)cc3)C(=O)O2)CC1. The fraction of sp³-hybridized carbons (Fsp3) is 0.550. The van der Waals surface area contributed by atoms with Gasteiger partial charge in [0.15, 0.2) is 0 Å². The van der Waals surface area contributed by atoms with Crippen LogP contribution in [0.3, 0.4) is 0 Å². The molecule has 0 radical (unpaired) electrons. The number of hydrogen-bond acceptors (Lipinski definition) is 7. The minimum atomic E-state index is -0.348. The van der Waals surface area contributed by atoms with Crippen LogP contribution in [-0.4, -0.2) is 86.2 Å². The first-order valence-electron chi connectivity index (χ1n) is 9.99. The molecule has 29 heavy (non-hydrogen) atoms. The van der Waals surface area contributed by atoms with E-state index in [-0.39, 0.29) is 24.0 Å². The molecule has 0 aliphatic carbocycles. The van der Waals surface area contributed by atoms with Crippen molar-refractivity contribution < 1.29 is 19.1 Å². The molecule has 158 valence electrons. The van der Waals surface area contributed by atoms with Crippen LogP contribution in [-0.2, 0) is 14.3 Å². The quantitative estimate of drug-likeness (QED) is 0.376. The molecule has 3 rings (SSSR count). The van der Waals surface area contributed by atoms with Crippen molar-refractivity contribution in [1.29, 1.82) is 5.41 Å². The molecule has 2 fully saturated rings. The lowest BCUT2D eigenvalue weighted by Gasteiger charge is -2.35. The molecule has 1 aromatic carbocycles. The normalized spacial score (nSPS) is 20.5. The van der Waals surface area contributed by atoms with E-state index in [1.54, 1.807) is 29.2 Å². The Bertz CT molecular complexity index is 731. The fourth-order valence-corrected chi connectivity index (χ4v) is 3.61. The lowest BCUT2D eigenvalue weighted by Crippen LogP contribution is -2.49. The molecule has 0 spiro atoms. The Morgan fingerprint density at radius 1 is 1.21 bits per heavy atom. The molecule has 1 amide bonds. The largest absolute Gasteiger partial charge is 0.466 e. The van der Waals surface area contributed by atoms with Crippen molar-refractivity contribution in [2.45, 2.75) is 19.4 Å². The van der Waals surface area contributed by atoms with Crippen LogP contribution in [0, 0.1) is 5.41 Å². The van der Waals surface area contributed by atoms with Gasteiger partial charge >= 0.3 is 12.1 Å². The third-order valence-electron chi connectivity index (χ3n) is 5.23. The molecule has 9 heteroatoms. The van der Waals surface area contributed by atoms with Gasteiger partial charge < -0.3 is 20.1 Å². The molecule has 0 saturated carbocycles. The Morgan fingerprint density at radius 2 is 1.86 bits per heavy atom. The van der Waals surface area contributed by atoms with Crippen molar-refractivity contribution in [1.82, 2.24) is 9.80 Å². The standard InChI is InChI=1S/C20H29N5O4/c1-2-28-18(26)7-8-23-9-11-24(12-10-23)13-17-14-25(20(27)29-17)16-5-3-15(4-6-16)19(21)22/h3-6,17H,2,7-14H2,1H3,(H3,21,22). The molecule has 9 nitrogen and oxygen atoms in total. The number of nitrogens with two attached hydrogens (primary N) is 1. The Labute approximate surface area is 170 Å². The summed E-state index contributed by atoms with van der Waals surface area (Å²) in [7, 11) is 0. The van der Waals surface area contributed by atoms with Crippen LogP contribution < -0.4 is 10.6 Å². The highest BCUT2D eigenvalue weighted by molar-refractivity contribution is 5.96. The van der Waals surface area contributed by atoms with E-state index in [2.05, 4.69) is 9.80 Å². The van der Waals surface area contributed by atoms with Gasteiger partial charge in [-0.2, -0.15) is 0 Å². The number of esters is 1. The summed E-state index contributed by atoms with van der Waals surface area (Å²) in [5.74, 6) is -0.149. The lowest BCUT2D eigenvalue weighted by atomic mass is 10.2. The number of rotatable bonds is 8. The number of ether oxygens (including phenoxy) is 2. The zero-order chi connectivity index (χ0) is 20.8. The van der Waals surface area contributed by atoms with Crippen LogP contribution in [0.4, 0.5) is 10.5 Å². The summed E-state index contributed by atoms with van der Waals surface area (Å²) < 4.78 is 10.5. The Kier molecular flexibility index (Phi) is 7.05. The van der Waals surface area contributed by atoms with E-state index < -0.39 is 0 Å². The molecule has 2 aliphatic heterocycles. The Hall–Kier alpha value is -2.65. The second kappa shape index (κ2) is 9.71. The van der Waals surface area contributed by atoms with Crippen molar-refractivity contribution in [2.75, 3.05) is 57.3 Å². The average Bonchev–Trinajstić information content (AvgIpc) is 3.08. The van der Waals surface area contributed by atoms with Crippen molar-refractivity contribution in [3.63, 3.8) is 0 Å². The highest BCUT2D eigenvalue weighted by Gasteiger charge is 2.34. The highest BCUT2D eigenvalue weighted by Crippen LogP contribution is 2.22. The summed E-state index contributed by atoms with van der Waals surface area (Å²) in [6.07, 6.45) is -0.106. The van der Waals surface area contributed by atoms with E-state index in [0.29, 0.717) is 31.7 Å². The van der Waals surface area contributed by atoms with E-state index in [0.717, 1.165) is 38.4 Å². The molecule has 0 aromatic heterocycles. The Balaban J connectivity index is 1.43. The molecule has 1 unspecified atom stereocenters. The molecule has 1 atom stereocenters. The number of nitrogens with zero attached hydrogens (tertiary/aromatic N) is 3. The van der Waals surface area contributed by atoms with Gasteiger partial charge in [-0.05, 0) is 31.2 Å². The van der Waals surface area contributed by atoms with Gasteiger partial charge in [0.2, 0.25) is 0 Å². The molecule has 3 N–H and O–H groups in total. The number of cyclic esters (lactones) is 1. The van der Waals surface area contributed by atoms with Crippen LogP contribution in [0.15, 0.2) is 24.3 Å². The zero-order valence-corrected chi connectivity index (χ0v) is 16.8. The van der Waals surface area contributed by atoms with Crippen LogP contribution in [0.1, 0.15) is 18.9 Å². The summed E-state index contributed by atoms with van der Waals surface area (Å²) in [6, 6.07) is 7.02. The summed E-state index contributed by atoms with van der Waals surface area (Å²) in [5.41, 5.74) is 6.84. The molecule has 1 aromatic rings. The number of nitrogen functional groups attached to an aromatic ring is 1. The van der Waals surface area contributed by atoms with Crippen molar-refractivity contribution in [2.24, 2.45) is 5.73 Å². The minimum absolute atomic E-state index is 0.000164. The number of carbonyl (C=O) groups excluding carboxylic acids is 2. The minimum Gasteiger partial charge on any atom is -0.466 e. The van der Waals surface area contributed by atoms with Gasteiger partial charge in [-0.1, -0.05) is 0 Å². The van der Waals surface area contributed by atoms with Crippen LogP contribution >= 0.6 is 0 Å². The topological polar surface area (TPSA) is 112 Å². The first kappa shape index (κ1) is 21.1. The maximum Gasteiger partial charge on any atom is 0.414 e. The summed E-state index contributed by atoms with van der Waals surface area (Å²) in [6.45, 7) is 7.68. The van der Waals surface area contributed by atoms with E-state index in [4.69, 9.17) is 20.6 Å². The van der Waals surface area contributed by atoms with Gasteiger partial charge in [0.1, 0.15) is 11.9 Å². The molecular formula is C20H29N5O4. The predicted octanol–water partition coefficient (Wildman–Crippen LogP) is 0.867. The Morgan fingerprint density at radius 3 is 2.48 bits per heavy atom. The van der Waals surface area contributed by atoms with Crippen LogP contribution in [0.5, 0.6) is 0 Å². The number of amides is 1. The number of carbonyl (C=O) groups is 2. The number of benzene rings is 1. The first-order chi connectivity index (χ1) is 14.0. The monoisotopic (exact) mass is 403 g/mol. The average molecular weight is 403 g/mol. The molecule has 2 saturated heterocycles. The highest BCUT2D eigenvalue weighted by atomic mass is 16.6. The first-order valence-corrected chi connectivity index (χ1v) is 9.99. The third-order valence-corrected chi connectivity index (χ3v) is 5.23. The van der Waals surface area contributed by atoms with Gasteiger partial charge in [0.25, 0.3) is 0 Å². The second-order valence-corrected chi connectivity index (χ2v) is 7.27. The smallest absolute Gasteiger partial charge is 0.414 e. The second-order valence-electron chi connectivity index (χ2n) is 7.27. The van der Waals surface area contributed by atoms with Crippen LogP contribution in [0.25, 0.3) is 0 Å². The number of amidine groups is 1. The fourth-order valence-electron chi connectivity index (χ4n) is 3.61. The number of hydrogen-bond donors (Lipinski definition) is 2. The molecule has 2 aliphatic rings. The third kappa shape index (κ3) is 5.68. The summed E-state index contributed by atoms with van der Waals surface area (Å²) in [5, 5.41) is 7.45. The number of nitrogens with one attached hydrogen (secondary N) is 1. The van der Waals surface area contributed by atoms with E-state index in [1.165, 1.54) is 0 Å². The molecular weight excluding hydrogens is 374 g/mol.